The molecule has 0 fully saturated rings. The van der Waals surface area contributed by atoms with Crippen LogP contribution in [0.25, 0.3) is 16.8 Å². The lowest BCUT2D eigenvalue weighted by Gasteiger charge is -2.13. The fourth-order valence-electron chi connectivity index (χ4n) is 3.63. The molecule has 0 bridgehead atoms. The van der Waals surface area contributed by atoms with Gasteiger partial charge >= 0.3 is 0 Å². The first kappa shape index (κ1) is 22.1. The lowest BCUT2D eigenvalue weighted by molar-refractivity contribution is 0.0706. The fraction of sp³-hybridized carbons (Fsp3) is 0.107. The minimum absolute atomic E-state index is 0.401. The molecule has 4 aromatic carbocycles. The minimum Gasteiger partial charge on any atom is -0.493 e. The summed E-state index contributed by atoms with van der Waals surface area (Å²) in [5.41, 5.74) is 5.24. The third-order valence-corrected chi connectivity index (χ3v) is 5.37. The standard InChI is InChI=1S/C28H26N2O3/c31-28(30-32)24-15-13-21(14-16-24)19-22(20-29-25-9-2-1-3-10-25)17-18-33-27-12-6-8-23-7-4-5-11-26(23)27/h1-16,19,29,32H,17-18,20H2,(H,30,31)/b22-19-. The quantitative estimate of drug-likeness (QED) is 0.224. The Kier molecular flexibility index (Phi) is 7.36. The van der Waals surface area contributed by atoms with Gasteiger partial charge in [0.25, 0.3) is 5.91 Å². The van der Waals surface area contributed by atoms with Gasteiger partial charge in [0.1, 0.15) is 5.75 Å². The highest BCUT2D eigenvalue weighted by Gasteiger charge is 2.06. The van der Waals surface area contributed by atoms with Crippen LogP contribution in [0.1, 0.15) is 22.3 Å². The Bertz CT molecular complexity index is 1230. The van der Waals surface area contributed by atoms with Crippen molar-refractivity contribution in [3.63, 3.8) is 0 Å². The molecule has 0 aliphatic heterocycles. The maximum atomic E-state index is 11.6. The number of rotatable bonds is 9. The van der Waals surface area contributed by atoms with Crippen molar-refractivity contribution in [2.45, 2.75) is 6.42 Å². The van der Waals surface area contributed by atoms with Crippen molar-refractivity contribution in [1.82, 2.24) is 5.48 Å². The molecule has 0 radical (unpaired) electrons. The molecule has 0 aromatic heterocycles. The molecule has 33 heavy (non-hydrogen) atoms. The number of carbonyl (C=O) groups excluding carboxylic acids is 1. The first-order valence-electron chi connectivity index (χ1n) is 10.9. The van der Waals surface area contributed by atoms with Crippen LogP contribution in [-0.4, -0.2) is 24.3 Å². The van der Waals surface area contributed by atoms with E-state index in [-0.39, 0.29) is 0 Å². The third-order valence-electron chi connectivity index (χ3n) is 5.37. The van der Waals surface area contributed by atoms with E-state index in [0.717, 1.165) is 34.2 Å². The molecule has 0 saturated heterocycles. The van der Waals surface area contributed by atoms with Crippen LogP contribution in [0.5, 0.6) is 5.75 Å². The summed E-state index contributed by atoms with van der Waals surface area (Å²) in [6.45, 7) is 1.21. The number of para-hydroxylation sites is 1. The Balaban J connectivity index is 1.48. The largest absolute Gasteiger partial charge is 0.493 e. The van der Waals surface area contributed by atoms with Gasteiger partial charge in [0.2, 0.25) is 0 Å². The van der Waals surface area contributed by atoms with E-state index < -0.39 is 5.91 Å². The molecule has 3 N–H and O–H groups in total. The second-order valence-electron chi connectivity index (χ2n) is 7.66. The van der Waals surface area contributed by atoms with E-state index in [1.54, 1.807) is 17.6 Å². The molecular formula is C28H26N2O3. The first-order valence-corrected chi connectivity index (χ1v) is 10.9. The number of hydrogen-bond donors (Lipinski definition) is 3. The van der Waals surface area contributed by atoms with Gasteiger partial charge in [-0.25, -0.2) is 5.48 Å². The predicted molar refractivity (Wildman–Crippen MR) is 133 cm³/mol. The number of benzene rings is 4. The van der Waals surface area contributed by atoms with Crippen LogP contribution >= 0.6 is 0 Å². The maximum absolute atomic E-state index is 11.6. The average Bonchev–Trinajstić information content (AvgIpc) is 2.88. The zero-order chi connectivity index (χ0) is 22.9. The number of amides is 1. The van der Waals surface area contributed by atoms with Gasteiger partial charge in [0, 0.05) is 29.6 Å². The molecule has 1 amide bonds. The van der Waals surface area contributed by atoms with Gasteiger partial charge in [-0.3, -0.25) is 10.0 Å². The molecule has 0 aliphatic carbocycles. The summed E-state index contributed by atoms with van der Waals surface area (Å²) in [4.78, 5) is 11.6. The number of nitrogens with one attached hydrogen (secondary N) is 2. The Morgan fingerprint density at radius 2 is 1.58 bits per heavy atom. The maximum Gasteiger partial charge on any atom is 0.274 e. The van der Waals surface area contributed by atoms with E-state index in [0.29, 0.717) is 18.7 Å². The Hall–Kier alpha value is -4.09. The van der Waals surface area contributed by atoms with Crippen LogP contribution < -0.4 is 15.5 Å². The highest BCUT2D eigenvalue weighted by atomic mass is 16.5. The Morgan fingerprint density at radius 1 is 0.848 bits per heavy atom. The monoisotopic (exact) mass is 438 g/mol. The van der Waals surface area contributed by atoms with Crippen molar-refractivity contribution in [3.05, 3.63) is 114 Å². The number of fused-ring (bicyclic) bond motifs is 1. The van der Waals surface area contributed by atoms with Gasteiger partial charge in [-0.05, 0) is 46.9 Å². The number of carbonyl (C=O) groups is 1. The van der Waals surface area contributed by atoms with Gasteiger partial charge in [-0.15, -0.1) is 0 Å². The topological polar surface area (TPSA) is 70.6 Å². The van der Waals surface area contributed by atoms with Crippen molar-refractivity contribution in [2.24, 2.45) is 0 Å². The van der Waals surface area contributed by atoms with Crippen molar-refractivity contribution in [3.8, 4) is 5.75 Å². The van der Waals surface area contributed by atoms with Gasteiger partial charge in [0.15, 0.2) is 0 Å². The molecule has 166 valence electrons. The van der Waals surface area contributed by atoms with Crippen LogP contribution in [0, 0.1) is 0 Å². The molecule has 5 heteroatoms. The predicted octanol–water partition coefficient (Wildman–Crippen LogP) is 5.92. The van der Waals surface area contributed by atoms with Gasteiger partial charge < -0.3 is 10.1 Å². The van der Waals surface area contributed by atoms with Gasteiger partial charge in [-0.2, -0.15) is 0 Å². The zero-order valence-corrected chi connectivity index (χ0v) is 18.2. The van der Waals surface area contributed by atoms with Crippen LogP contribution in [-0.2, 0) is 0 Å². The normalized spacial score (nSPS) is 11.2. The number of hydrogen-bond acceptors (Lipinski definition) is 4. The van der Waals surface area contributed by atoms with Gasteiger partial charge in [-0.1, -0.05) is 72.8 Å². The van der Waals surface area contributed by atoms with Crippen LogP contribution in [0.4, 0.5) is 5.69 Å². The molecular weight excluding hydrogens is 412 g/mol. The van der Waals surface area contributed by atoms with E-state index in [4.69, 9.17) is 9.94 Å². The van der Waals surface area contributed by atoms with Crippen LogP contribution in [0.3, 0.4) is 0 Å². The summed E-state index contributed by atoms with van der Waals surface area (Å²) in [6.07, 6.45) is 2.84. The number of anilines is 1. The van der Waals surface area contributed by atoms with E-state index in [1.807, 2.05) is 66.7 Å². The summed E-state index contributed by atoms with van der Waals surface area (Å²) in [7, 11) is 0. The Labute approximate surface area is 193 Å². The molecule has 0 saturated carbocycles. The van der Waals surface area contributed by atoms with Crippen LogP contribution in [0.15, 0.2) is 103 Å². The lowest BCUT2D eigenvalue weighted by Crippen LogP contribution is -2.18. The SMILES string of the molecule is O=C(NO)c1ccc(/C=C(/CCOc2cccc3ccccc23)CNc2ccccc2)cc1. The molecule has 0 unspecified atom stereocenters. The van der Waals surface area contributed by atoms with Crippen molar-refractivity contribution in [2.75, 3.05) is 18.5 Å². The smallest absolute Gasteiger partial charge is 0.274 e. The molecule has 4 aromatic rings. The van der Waals surface area contributed by atoms with E-state index >= 15 is 0 Å². The summed E-state index contributed by atoms with van der Waals surface area (Å²) in [5.74, 6) is 0.350. The van der Waals surface area contributed by atoms with E-state index in [2.05, 4.69) is 29.6 Å². The highest BCUT2D eigenvalue weighted by Crippen LogP contribution is 2.25. The van der Waals surface area contributed by atoms with E-state index in [1.165, 1.54) is 5.57 Å². The second kappa shape index (κ2) is 11.0. The third kappa shape index (κ3) is 5.99. The average molecular weight is 439 g/mol. The zero-order valence-electron chi connectivity index (χ0n) is 18.2. The van der Waals surface area contributed by atoms with Crippen molar-refractivity contribution < 1.29 is 14.7 Å². The van der Waals surface area contributed by atoms with Gasteiger partial charge in [0.05, 0.1) is 6.61 Å². The summed E-state index contributed by atoms with van der Waals surface area (Å²) >= 11 is 0. The van der Waals surface area contributed by atoms with Crippen molar-refractivity contribution >= 4 is 28.4 Å². The molecule has 0 spiro atoms. The number of hydroxylamine groups is 1. The summed E-state index contributed by atoms with van der Waals surface area (Å²) in [6, 6.07) is 31.4. The Morgan fingerprint density at radius 3 is 2.36 bits per heavy atom. The van der Waals surface area contributed by atoms with Crippen molar-refractivity contribution in [1.29, 1.82) is 0 Å². The first-order chi connectivity index (χ1) is 16.2. The van der Waals surface area contributed by atoms with E-state index in [9.17, 15) is 4.79 Å². The molecule has 5 nitrogen and oxygen atoms in total. The molecule has 4 rings (SSSR count). The molecule has 0 atom stereocenters. The highest BCUT2D eigenvalue weighted by molar-refractivity contribution is 5.93. The minimum atomic E-state index is -0.528. The fourth-order valence-corrected chi connectivity index (χ4v) is 3.63. The summed E-state index contributed by atoms with van der Waals surface area (Å²) < 4.78 is 6.16. The second-order valence-corrected chi connectivity index (χ2v) is 7.66. The summed E-state index contributed by atoms with van der Waals surface area (Å²) in [5, 5.41) is 14.5. The molecule has 0 aliphatic rings. The number of ether oxygens (including phenoxy) is 1. The lowest BCUT2D eigenvalue weighted by atomic mass is 10.1. The molecule has 0 heterocycles. The van der Waals surface area contributed by atoms with Crippen LogP contribution in [0.2, 0.25) is 0 Å².